The van der Waals surface area contributed by atoms with Crippen LogP contribution in [0.3, 0.4) is 0 Å². The largest absolute Gasteiger partial charge is 0.508 e. The average molecular weight is 514 g/mol. The number of carboxylic acid groups (broad SMARTS) is 2. The summed E-state index contributed by atoms with van der Waals surface area (Å²) in [6, 6.07) is -0.356. The van der Waals surface area contributed by atoms with E-state index < -0.39 is 72.6 Å². The van der Waals surface area contributed by atoms with E-state index in [2.05, 4.69) is 28.6 Å². The van der Waals surface area contributed by atoms with Crippen molar-refractivity contribution in [1.29, 1.82) is 0 Å². The van der Waals surface area contributed by atoms with Gasteiger partial charge in [0.15, 0.2) is 0 Å². The highest BCUT2D eigenvalue weighted by atomic mass is 32.1. The van der Waals surface area contributed by atoms with Crippen molar-refractivity contribution in [3.63, 3.8) is 0 Å². The molecule has 1 aromatic rings. The molecule has 0 radical (unpaired) electrons. The van der Waals surface area contributed by atoms with Crippen LogP contribution in [0.5, 0.6) is 5.75 Å². The third kappa shape index (κ3) is 10.3. The predicted octanol–water partition coefficient (Wildman–Crippen LogP) is -2.92. The third-order valence-electron chi connectivity index (χ3n) is 4.58. The number of hydrogen-bond donors (Lipinski definition) is 9. The van der Waals surface area contributed by atoms with Gasteiger partial charge in [-0.05, 0) is 17.7 Å². The average Bonchev–Trinajstić information content (AvgIpc) is 2.76. The monoisotopic (exact) mass is 513 g/mol. The Morgan fingerprint density at radius 3 is 1.83 bits per heavy atom. The van der Waals surface area contributed by atoms with Crippen molar-refractivity contribution in [2.45, 2.75) is 43.4 Å². The normalized spacial score (nSPS) is 14.0. The Hall–Kier alpha value is -3.85. The Morgan fingerprint density at radius 2 is 1.34 bits per heavy atom. The second-order valence-corrected chi connectivity index (χ2v) is 7.81. The summed E-state index contributed by atoms with van der Waals surface area (Å²) in [7, 11) is 0. The number of primary amides is 1. The van der Waals surface area contributed by atoms with Gasteiger partial charge in [-0.1, -0.05) is 12.1 Å². The van der Waals surface area contributed by atoms with Crippen molar-refractivity contribution in [3.05, 3.63) is 29.8 Å². The molecule has 14 nitrogen and oxygen atoms in total. The summed E-state index contributed by atoms with van der Waals surface area (Å²) in [4.78, 5) is 71.3. The Kier molecular flexibility index (Phi) is 11.5. The van der Waals surface area contributed by atoms with Crippen molar-refractivity contribution in [1.82, 2.24) is 16.0 Å². The van der Waals surface area contributed by atoms with Gasteiger partial charge in [0.25, 0.3) is 0 Å². The van der Waals surface area contributed by atoms with E-state index in [-0.39, 0.29) is 17.9 Å². The first-order valence-corrected chi connectivity index (χ1v) is 10.8. The minimum absolute atomic E-state index is 0.0589. The molecule has 0 aliphatic heterocycles. The molecule has 4 unspecified atom stereocenters. The van der Waals surface area contributed by atoms with Crippen LogP contribution in [0.1, 0.15) is 18.4 Å². The van der Waals surface area contributed by atoms with Gasteiger partial charge in [0.05, 0.1) is 18.9 Å². The van der Waals surface area contributed by atoms with E-state index in [9.17, 15) is 39.0 Å². The number of nitrogens with one attached hydrogen (secondary N) is 3. The molecule has 10 N–H and O–H groups in total. The van der Waals surface area contributed by atoms with Gasteiger partial charge in [-0.25, -0.2) is 4.79 Å². The van der Waals surface area contributed by atoms with Crippen LogP contribution in [-0.4, -0.2) is 80.8 Å². The molecule has 0 aliphatic rings. The number of phenols is 1. The molecule has 0 spiro atoms. The topological polar surface area (TPSA) is 251 Å². The second kappa shape index (κ2) is 13.8. The minimum atomic E-state index is -1.69. The number of aromatic hydroxyl groups is 1. The lowest BCUT2D eigenvalue weighted by Crippen LogP contribution is -2.58. The number of carboxylic acids is 2. The molecule has 1 rings (SSSR count). The third-order valence-corrected chi connectivity index (χ3v) is 4.94. The lowest BCUT2D eigenvalue weighted by molar-refractivity contribution is -0.142. The van der Waals surface area contributed by atoms with E-state index in [0.717, 1.165) is 0 Å². The number of hydrogen-bond acceptors (Lipinski definition) is 9. The zero-order valence-corrected chi connectivity index (χ0v) is 19.2. The van der Waals surface area contributed by atoms with Gasteiger partial charge in [-0.3, -0.25) is 24.0 Å². The Bertz CT molecular complexity index is 957. The second-order valence-electron chi connectivity index (χ2n) is 7.45. The van der Waals surface area contributed by atoms with E-state index in [1.54, 1.807) is 0 Å². The van der Waals surface area contributed by atoms with Crippen LogP contribution in [0.25, 0.3) is 0 Å². The van der Waals surface area contributed by atoms with Crippen LogP contribution >= 0.6 is 12.6 Å². The predicted molar refractivity (Wildman–Crippen MR) is 123 cm³/mol. The summed E-state index contributed by atoms with van der Waals surface area (Å²) >= 11 is 3.86. The number of amides is 4. The molecule has 192 valence electrons. The van der Waals surface area contributed by atoms with E-state index in [1.165, 1.54) is 24.3 Å². The molecule has 0 aliphatic carbocycles. The van der Waals surface area contributed by atoms with Crippen molar-refractivity contribution in [3.8, 4) is 5.75 Å². The number of nitrogens with two attached hydrogens (primary N) is 2. The molecule has 4 atom stereocenters. The number of rotatable bonds is 14. The van der Waals surface area contributed by atoms with Gasteiger partial charge in [-0.2, -0.15) is 12.6 Å². The van der Waals surface area contributed by atoms with E-state index in [1.807, 2.05) is 0 Å². The molecule has 0 bridgehead atoms. The van der Waals surface area contributed by atoms with Gasteiger partial charge in [0, 0.05) is 12.2 Å². The number of benzene rings is 1. The fraction of sp³-hybridized carbons (Fsp3) is 0.400. The van der Waals surface area contributed by atoms with Crippen LogP contribution in [0.15, 0.2) is 24.3 Å². The van der Waals surface area contributed by atoms with Crippen molar-refractivity contribution in [2.24, 2.45) is 11.5 Å². The van der Waals surface area contributed by atoms with E-state index in [4.69, 9.17) is 16.6 Å². The Labute approximate surface area is 204 Å². The van der Waals surface area contributed by atoms with E-state index in [0.29, 0.717) is 5.56 Å². The van der Waals surface area contributed by atoms with Crippen molar-refractivity contribution < 1.29 is 44.1 Å². The first kappa shape index (κ1) is 29.2. The van der Waals surface area contributed by atoms with Crippen LogP contribution in [0.4, 0.5) is 0 Å². The molecule has 0 fully saturated rings. The lowest BCUT2D eigenvalue weighted by atomic mass is 10.0. The standard InChI is InChI=1S/C20H27N5O9S/c21-11(6-15(22)27)17(30)23-13(7-16(28)29)19(32)24-12(5-9-1-3-10(26)4-2-9)18(31)25-14(8-35)20(33)34/h1-4,11-14,26,35H,5-8,21H2,(H2,22,27)(H,23,30)(H,24,32)(H,25,31)(H,28,29)(H,33,34). The van der Waals surface area contributed by atoms with Gasteiger partial charge >= 0.3 is 11.9 Å². The fourth-order valence-electron chi connectivity index (χ4n) is 2.78. The maximum atomic E-state index is 12.8. The van der Waals surface area contributed by atoms with Crippen molar-refractivity contribution >= 4 is 48.2 Å². The summed E-state index contributed by atoms with van der Waals surface area (Å²) in [5.41, 5.74) is 11.0. The highest BCUT2D eigenvalue weighted by Gasteiger charge is 2.31. The van der Waals surface area contributed by atoms with Crippen LogP contribution < -0.4 is 27.4 Å². The number of carbonyl (C=O) groups excluding carboxylic acids is 4. The molecule has 0 heterocycles. The fourth-order valence-corrected chi connectivity index (χ4v) is 3.03. The minimum Gasteiger partial charge on any atom is -0.508 e. The molecule has 15 heteroatoms. The van der Waals surface area contributed by atoms with Gasteiger partial charge in [-0.15, -0.1) is 0 Å². The first-order chi connectivity index (χ1) is 16.3. The highest BCUT2D eigenvalue weighted by Crippen LogP contribution is 2.12. The maximum absolute atomic E-state index is 12.8. The van der Waals surface area contributed by atoms with Crippen LogP contribution in [-0.2, 0) is 35.2 Å². The zero-order valence-electron chi connectivity index (χ0n) is 18.3. The molecule has 0 aromatic heterocycles. The summed E-state index contributed by atoms with van der Waals surface area (Å²) < 4.78 is 0. The number of carbonyl (C=O) groups is 6. The summed E-state index contributed by atoms with van der Waals surface area (Å²) in [6.07, 6.45) is -1.62. The maximum Gasteiger partial charge on any atom is 0.327 e. The molecule has 0 saturated heterocycles. The number of phenolic OH excluding ortho intramolecular Hbond substituents is 1. The zero-order chi connectivity index (χ0) is 26.7. The number of thiol groups is 1. The Morgan fingerprint density at radius 1 is 0.829 bits per heavy atom. The van der Waals surface area contributed by atoms with E-state index >= 15 is 0 Å². The summed E-state index contributed by atoms with van der Waals surface area (Å²) in [5.74, 6) is -7.06. The SMILES string of the molecule is NC(=O)CC(N)C(=O)NC(CC(=O)O)C(=O)NC(Cc1ccc(O)cc1)C(=O)NC(CS)C(=O)O. The first-order valence-electron chi connectivity index (χ1n) is 10.1. The smallest absolute Gasteiger partial charge is 0.327 e. The highest BCUT2D eigenvalue weighted by molar-refractivity contribution is 7.80. The summed E-state index contributed by atoms with van der Waals surface area (Å²) in [5, 5.41) is 34.4. The Balaban J connectivity index is 3.13. The molecule has 0 saturated carbocycles. The van der Waals surface area contributed by atoms with Crippen LogP contribution in [0.2, 0.25) is 0 Å². The molecule has 35 heavy (non-hydrogen) atoms. The van der Waals surface area contributed by atoms with Gasteiger partial charge < -0.3 is 42.7 Å². The summed E-state index contributed by atoms with van der Waals surface area (Å²) in [6.45, 7) is 0. The van der Waals surface area contributed by atoms with Crippen LogP contribution in [0, 0.1) is 0 Å². The molecule has 1 aromatic carbocycles. The molecular formula is C20H27N5O9S. The quantitative estimate of drug-likeness (QED) is 0.115. The van der Waals surface area contributed by atoms with Crippen molar-refractivity contribution in [2.75, 3.05) is 5.75 Å². The lowest BCUT2D eigenvalue weighted by Gasteiger charge is -2.24. The molecule has 4 amide bonds. The molecular weight excluding hydrogens is 486 g/mol. The van der Waals surface area contributed by atoms with Gasteiger partial charge in [0.2, 0.25) is 23.6 Å². The van der Waals surface area contributed by atoms with Gasteiger partial charge in [0.1, 0.15) is 23.9 Å². The number of aliphatic carboxylic acids is 2.